The number of aryl methyl sites for hydroxylation is 1. The van der Waals surface area contributed by atoms with Crippen LogP contribution in [0.1, 0.15) is 82.3 Å². The third-order valence-corrected chi connectivity index (χ3v) is 6.33. The molecule has 2 rings (SSSR count). The fourth-order valence-electron chi connectivity index (χ4n) is 4.05. The Morgan fingerprint density at radius 3 is 2.22 bits per heavy atom. The van der Waals surface area contributed by atoms with Crippen molar-refractivity contribution < 1.29 is 29.3 Å². The van der Waals surface area contributed by atoms with E-state index in [0.717, 1.165) is 45.2 Å². The molecule has 210 valence electrons. The van der Waals surface area contributed by atoms with Crippen molar-refractivity contribution in [1.29, 1.82) is 0 Å². The number of aliphatic hydroxyl groups is 2. The summed E-state index contributed by atoms with van der Waals surface area (Å²) < 4.78 is 11.4. The molecule has 0 aromatic heterocycles. The number of benzene rings is 1. The molecule has 6 nitrogen and oxygen atoms in total. The number of ether oxygens (including phenoxy) is 2. The van der Waals surface area contributed by atoms with Crippen LogP contribution in [-0.2, 0) is 25.5 Å². The molecule has 1 saturated heterocycles. The van der Waals surface area contributed by atoms with Crippen LogP contribution in [0.2, 0.25) is 0 Å². The largest absolute Gasteiger partial charge is 0.396 e. The highest BCUT2D eigenvalue weighted by molar-refractivity contribution is 5.72. The first-order chi connectivity index (χ1) is 17.8. The van der Waals surface area contributed by atoms with Gasteiger partial charge in [0.25, 0.3) is 0 Å². The summed E-state index contributed by atoms with van der Waals surface area (Å²) in [6.45, 7) is 12.0. The molecule has 1 aliphatic rings. The van der Waals surface area contributed by atoms with Crippen LogP contribution < -0.4 is 0 Å². The topological polar surface area (TPSA) is 93.1 Å². The molecule has 6 heteroatoms. The van der Waals surface area contributed by atoms with E-state index in [1.54, 1.807) is 14.0 Å². The molecule has 37 heavy (non-hydrogen) atoms. The van der Waals surface area contributed by atoms with E-state index in [-0.39, 0.29) is 18.8 Å². The van der Waals surface area contributed by atoms with Crippen LogP contribution in [0, 0.1) is 5.92 Å². The van der Waals surface area contributed by atoms with Crippen LogP contribution >= 0.6 is 0 Å². The van der Waals surface area contributed by atoms with Gasteiger partial charge in [0.05, 0.1) is 19.3 Å². The van der Waals surface area contributed by atoms with Gasteiger partial charge in [0.15, 0.2) is 0 Å². The highest BCUT2D eigenvalue weighted by Crippen LogP contribution is 2.32. The van der Waals surface area contributed by atoms with Gasteiger partial charge in [0.1, 0.15) is 12.6 Å². The molecule has 1 aliphatic heterocycles. The molecule has 0 bridgehead atoms. The molecular formula is C31H50O6. The van der Waals surface area contributed by atoms with Gasteiger partial charge in [-0.15, -0.1) is 0 Å². The van der Waals surface area contributed by atoms with Gasteiger partial charge < -0.3 is 19.7 Å². The lowest BCUT2D eigenvalue weighted by Gasteiger charge is -2.31. The van der Waals surface area contributed by atoms with Gasteiger partial charge in [-0.3, -0.25) is 9.59 Å². The fraction of sp³-hybridized carbons (Fsp3) is 0.613. The van der Waals surface area contributed by atoms with Crippen LogP contribution in [0.5, 0.6) is 0 Å². The minimum absolute atomic E-state index is 0.218. The Labute approximate surface area is 224 Å². The Hall–Kier alpha value is -2.12. The number of hydrogen-bond acceptors (Lipinski definition) is 6. The molecule has 0 amide bonds. The average Bonchev–Trinajstić information content (AvgIpc) is 2.93. The van der Waals surface area contributed by atoms with Crippen molar-refractivity contribution in [2.24, 2.45) is 5.92 Å². The molecule has 3 unspecified atom stereocenters. The maximum atomic E-state index is 9.48. The summed E-state index contributed by atoms with van der Waals surface area (Å²) in [4.78, 5) is 18.9. The molecule has 1 heterocycles. The van der Waals surface area contributed by atoms with Gasteiger partial charge in [-0.1, -0.05) is 57.2 Å². The van der Waals surface area contributed by atoms with E-state index in [1.165, 1.54) is 43.2 Å². The van der Waals surface area contributed by atoms with E-state index < -0.39 is 0 Å². The molecule has 2 N–H and O–H groups in total. The van der Waals surface area contributed by atoms with Gasteiger partial charge in [-0.2, -0.15) is 0 Å². The maximum absolute atomic E-state index is 9.48. The predicted octanol–water partition coefficient (Wildman–Crippen LogP) is 5.60. The van der Waals surface area contributed by atoms with E-state index in [2.05, 4.69) is 44.3 Å². The first kappa shape index (κ1) is 34.9. The zero-order valence-electron chi connectivity index (χ0n) is 23.3. The molecule has 0 spiro atoms. The van der Waals surface area contributed by atoms with Crippen molar-refractivity contribution >= 4 is 12.6 Å². The smallest absolute Gasteiger partial charge is 0.147 e. The highest BCUT2D eigenvalue weighted by atomic mass is 16.5. The van der Waals surface area contributed by atoms with Gasteiger partial charge >= 0.3 is 0 Å². The number of rotatable bonds is 15. The van der Waals surface area contributed by atoms with E-state index in [4.69, 9.17) is 14.6 Å². The van der Waals surface area contributed by atoms with Crippen LogP contribution in [0.4, 0.5) is 0 Å². The van der Waals surface area contributed by atoms with Crippen molar-refractivity contribution in [2.75, 3.05) is 33.5 Å². The number of allylic oxidation sites excluding steroid dienone is 1. The maximum Gasteiger partial charge on any atom is 0.147 e. The molecule has 3 atom stereocenters. The van der Waals surface area contributed by atoms with Gasteiger partial charge in [-0.05, 0) is 74.5 Å². The quantitative estimate of drug-likeness (QED) is 0.178. The number of aliphatic hydroxyl groups excluding tert-OH is 2. The second-order valence-corrected chi connectivity index (χ2v) is 9.72. The molecule has 1 fully saturated rings. The summed E-state index contributed by atoms with van der Waals surface area (Å²) in [7, 11) is 1.74. The Morgan fingerprint density at radius 1 is 1.11 bits per heavy atom. The summed E-state index contributed by atoms with van der Waals surface area (Å²) >= 11 is 0. The van der Waals surface area contributed by atoms with Crippen molar-refractivity contribution in [3.63, 3.8) is 0 Å². The monoisotopic (exact) mass is 518 g/mol. The molecule has 1 aromatic carbocycles. The van der Waals surface area contributed by atoms with Gasteiger partial charge in [0, 0.05) is 31.8 Å². The first-order valence-corrected chi connectivity index (χ1v) is 13.5. The summed E-state index contributed by atoms with van der Waals surface area (Å²) in [6, 6.07) is 9.23. The zero-order chi connectivity index (χ0) is 27.9. The van der Waals surface area contributed by atoms with Crippen LogP contribution in [0.25, 0.3) is 0 Å². The predicted molar refractivity (Wildman–Crippen MR) is 151 cm³/mol. The van der Waals surface area contributed by atoms with Crippen LogP contribution in [-0.4, -0.2) is 62.4 Å². The minimum Gasteiger partial charge on any atom is -0.396 e. The van der Waals surface area contributed by atoms with Crippen molar-refractivity contribution in [2.45, 2.75) is 83.7 Å². The third-order valence-electron chi connectivity index (χ3n) is 6.33. The van der Waals surface area contributed by atoms with Gasteiger partial charge in [0.2, 0.25) is 0 Å². The fourth-order valence-corrected chi connectivity index (χ4v) is 4.05. The molecule has 0 aliphatic carbocycles. The number of hydrogen-bond donors (Lipinski definition) is 2. The second kappa shape index (κ2) is 23.0. The lowest BCUT2D eigenvalue weighted by atomic mass is 9.86. The lowest BCUT2D eigenvalue weighted by Crippen LogP contribution is -2.27. The number of carbonyl (C=O) groups is 2. The Balaban J connectivity index is 0.000000987. The number of methoxy groups -OCH3 is 1. The second-order valence-electron chi connectivity index (χ2n) is 9.72. The summed E-state index contributed by atoms with van der Waals surface area (Å²) in [5, 5.41) is 17.3. The zero-order valence-corrected chi connectivity index (χ0v) is 23.3. The van der Waals surface area contributed by atoms with E-state index in [1.807, 2.05) is 0 Å². The van der Waals surface area contributed by atoms with E-state index >= 15 is 0 Å². The molecule has 1 aromatic rings. The van der Waals surface area contributed by atoms with Crippen molar-refractivity contribution in [3.05, 3.63) is 59.7 Å². The summed E-state index contributed by atoms with van der Waals surface area (Å²) in [6.07, 6.45) is 11.9. The van der Waals surface area contributed by atoms with Crippen LogP contribution in [0.3, 0.4) is 0 Å². The Bertz CT molecular complexity index is 735. The van der Waals surface area contributed by atoms with Gasteiger partial charge in [-0.25, -0.2) is 0 Å². The Morgan fingerprint density at radius 2 is 1.78 bits per heavy atom. The SMILES string of the molecule is C=C(C)C=O.C=C(C=O)CO.CCCCCc1ccc(C2CCC(CC(CCO)CCOC)OC2)cc1. The van der Waals surface area contributed by atoms with Crippen molar-refractivity contribution in [1.82, 2.24) is 0 Å². The molecule has 0 saturated carbocycles. The molecular weight excluding hydrogens is 468 g/mol. The lowest BCUT2D eigenvalue weighted by molar-refractivity contribution is -0.105. The highest BCUT2D eigenvalue weighted by Gasteiger charge is 2.25. The number of aldehydes is 2. The van der Waals surface area contributed by atoms with E-state index in [9.17, 15) is 14.7 Å². The van der Waals surface area contributed by atoms with Crippen molar-refractivity contribution in [3.8, 4) is 0 Å². The first-order valence-electron chi connectivity index (χ1n) is 13.5. The van der Waals surface area contributed by atoms with Crippen LogP contribution in [0.15, 0.2) is 48.6 Å². The van der Waals surface area contributed by atoms with E-state index in [0.29, 0.717) is 29.8 Å². The number of carbonyl (C=O) groups excluding carboxylic acids is 2. The Kier molecular flexibility index (Phi) is 21.7. The summed E-state index contributed by atoms with van der Waals surface area (Å²) in [5.41, 5.74) is 3.68. The standard InChI is InChI=1S/C23H38O3.C4H6O2.C4H6O/c1-3-4-5-6-19-7-9-21(10-8-19)22-11-12-23(26-18-22)17-20(13-15-24)14-16-25-2;1-4(2-5)3-6;1-4(2)3-5/h7-10,20,22-24H,3-6,11-18H2,1-2H3;2,6H,1,3H2;3H,1H2,2H3. The normalized spacial score (nSPS) is 17.3. The average molecular weight is 519 g/mol. The molecule has 0 radical (unpaired) electrons. The number of unbranched alkanes of at least 4 members (excludes halogenated alkanes) is 2. The summed E-state index contributed by atoms with van der Waals surface area (Å²) in [5.74, 6) is 1.04. The minimum atomic E-state index is -0.233. The third kappa shape index (κ3) is 17.9.